The average molecular weight is 440 g/mol. The number of para-hydroxylation sites is 2. The summed E-state index contributed by atoms with van der Waals surface area (Å²) in [7, 11) is 0. The molecule has 2 aromatic carbocycles. The summed E-state index contributed by atoms with van der Waals surface area (Å²) in [5, 5.41) is 6.73. The van der Waals surface area contributed by atoms with Gasteiger partial charge in [-0.05, 0) is 80.0 Å². The van der Waals surface area contributed by atoms with Crippen molar-refractivity contribution in [3.63, 3.8) is 0 Å². The van der Waals surface area contributed by atoms with Crippen LogP contribution in [0.5, 0.6) is 0 Å². The van der Waals surface area contributed by atoms with Gasteiger partial charge in [0.05, 0.1) is 11.4 Å². The largest absolute Gasteiger partial charge is 0.451 e. The summed E-state index contributed by atoms with van der Waals surface area (Å²) >= 11 is 11.3. The predicted molar refractivity (Wildman–Crippen MR) is 125 cm³/mol. The Balaban J connectivity index is 1.41. The van der Waals surface area contributed by atoms with Gasteiger partial charge in [0.25, 0.3) is 5.91 Å². The minimum atomic E-state index is -0.400. The maximum Gasteiger partial charge on any atom is 0.293 e. The number of nitrogens with zero attached hydrogens (tertiary/aromatic N) is 1. The van der Waals surface area contributed by atoms with Crippen LogP contribution in [0, 0.1) is 0 Å². The Morgan fingerprint density at radius 3 is 2.47 bits per heavy atom. The molecule has 1 amide bonds. The fraction of sp³-hybridized carbons (Fsp3) is 0.217. The van der Waals surface area contributed by atoms with Crippen LogP contribution in [0.3, 0.4) is 0 Å². The van der Waals surface area contributed by atoms with E-state index in [1.165, 1.54) is 19.3 Å². The van der Waals surface area contributed by atoms with Gasteiger partial charge in [0.15, 0.2) is 10.9 Å². The van der Waals surface area contributed by atoms with Crippen LogP contribution in [0.1, 0.15) is 29.8 Å². The zero-order valence-electron chi connectivity index (χ0n) is 16.4. The maximum atomic E-state index is 12.6. The molecule has 0 atom stereocenters. The second-order valence-corrected chi connectivity index (χ2v) is 7.99. The third-order valence-electron chi connectivity index (χ3n) is 5.03. The van der Waals surface area contributed by atoms with Crippen molar-refractivity contribution in [1.82, 2.24) is 5.32 Å². The van der Waals surface area contributed by atoms with Gasteiger partial charge >= 0.3 is 0 Å². The van der Waals surface area contributed by atoms with Gasteiger partial charge in [-0.25, -0.2) is 0 Å². The topological polar surface area (TPSA) is 57.5 Å². The summed E-state index contributed by atoms with van der Waals surface area (Å²) in [5.41, 5.74) is 2.82. The molecular weight excluding hydrogens is 418 g/mol. The van der Waals surface area contributed by atoms with Crippen molar-refractivity contribution in [1.29, 1.82) is 0 Å². The van der Waals surface area contributed by atoms with Gasteiger partial charge in [-0.2, -0.15) is 0 Å². The number of hydrogen-bond donors (Lipinski definition) is 2. The molecule has 1 aromatic heterocycles. The van der Waals surface area contributed by atoms with Crippen molar-refractivity contribution in [3.05, 3.63) is 71.4 Å². The number of furan rings is 1. The van der Waals surface area contributed by atoms with Crippen LogP contribution in [0.15, 0.2) is 65.1 Å². The van der Waals surface area contributed by atoms with Gasteiger partial charge in [-0.3, -0.25) is 10.1 Å². The summed E-state index contributed by atoms with van der Waals surface area (Å²) in [4.78, 5) is 14.9. The number of nitrogens with one attached hydrogen (secondary N) is 2. The summed E-state index contributed by atoms with van der Waals surface area (Å²) in [5.74, 6) is 0.378. The Hall–Kier alpha value is -2.83. The fourth-order valence-corrected chi connectivity index (χ4v) is 3.87. The summed E-state index contributed by atoms with van der Waals surface area (Å²) in [6.45, 7) is 2.05. The first-order valence-electron chi connectivity index (χ1n) is 9.92. The Kier molecular flexibility index (Phi) is 6.35. The molecule has 2 N–H and O–H groups in total. The number of rotatable bonds is 4. The molecule has 154 valence electrons. The lowest BCUT2D eigenvalue weighted by Crippen LogP contribution is -2.35. The smallest absolute Gasteiger partial charge is 0.293 e. The Morgan fingerprint density at radius 2 is 1.70 bits per heavy atom. The number of thiocarbonyl (C=S) groups is 1. The van der Waals surface area contributed by atoms with Crippen molar-refractivity contribution in [2.45, 2.75) is 19.3 Å². The fourth-order valence-electron chi connectivity index (χ4n) is 3.54. The van der Waals surface area contributed by atoms with Crippen LogP contribution in [-0.4, -0.2) is 24.1 Å². The SMILES string of the molecule is O=C(NC(=S)Nc1ccccc1N1CCCCC1)c1ccc(-c2ccc(Cl)cc2)o1. The molecule has 2 heterocycles. The van der Waals surface area contributed by atoms with Crippen molar-refractivity contribution in [2.75, 3.05) is 23.3 Å². The second kappa shape index (κ2) is 9.32. The number of amides is 1. The lowest BCUT2D eigenvalue weighted by molar-refractivity contribution is 0.0951. The minimum Gasteiger partial charge on any atom is -0.451 e. The number of carbonyl (C=O) groups is 1. The highest BCUT2D eigenvalue weighted by atomic mass is 35.5. The molecule has 0 aliphatic carbocycles. The van der Waals surface area contributed by atoms with Gasteiger partial charge in [0, 0.05) is 23.7 Å². The predicted octanol–water partition coefficient (Wildman–Crippen LogP) is 5.72. The number of anilines is 2. The monoisotopic (exact) mass is 439 g/mol. The number of piperidine rings is 1. The van der Waals surface area contributed by atoms with Crippen molar-refractivity contribution < 1.29 is 9.21 Å². The standard InChI is InChI=1S/C23H22ClN3O2S/c24-17-10-8-16(9-11-17)20-12-13-21(29-20)22(28)26-23(30)25-18-6-2-3-7-19(18)27-14-4-1-5-15-27/h2-3,6-13H,1,4-5,14-15H2,(H2,25,26,28,30). The first kappa shape index (κ1) is 20.4. The van der Waals surface area contributed by atoms with E-state index in [9.17, 15) is 4.79 Å². The van der Waals surface area contributed by atoms with Gasteiger partial charge < -0.3 is 14.6 Å². The van der Waals surface area contributed by atoms with E-state index in [4.69, 9.17) is 28.2 Å². The maximum absolute atomic E-state index is 12.6. The Bertz CT molecular complexity index is 1040. The molecule has 3 aromatic rings. The van der Waals surface area contributed by atoms with E-state index in [1.54, 1.807) is 24.3 Å². The van der Waals surface area contributed by atoms with E-state index in [-0.39, 0.29) is 10.9 Å². The zero-order valence-corrected chi connectivity index (χ0v) is 17.9. The number of hydrogen-bond acceptors (Lipinski definition) is 4. The Morgan fingerprint density at radius 1 is 0.967 bits per heavy atom. The highest BCUT2D eigenvalue weighted by Gasteiger charge is 2.17. The van der Waals surface area contributed by atoms with E-state index >= 15 is 0 Å². The highest BCUT2D eigenvalue weighted by molar-refractivity contribution is 7.80. The van der Waals surface area contributed by atoms with Crippen LogP contribution in [0.25, 0.3) is 11.3 Å². The van der Waals surface area contributed by atoms with Crippen molar-refractivity contribution in [2.24, 2.45) is 0 Å². The molecule has 0 radical (unpaired) electrons. The molecule has 1 saturated heterocycles. The quantitative estimate of drug-likeness (QED) is 0.509. The minimum absolute atomic E-state index is 0.188. The van der Waals surface area contributed by atoms with Gasteiger partial charge in [-0.1, -0.05) is 23.7 Å². The van der Waals surface area contributed by atoms with Crippen LogP contribution in [-0.2, 0) is 0 Å². The molecule has 0 saturated carbocycles. The molecule has 0 spiro atoms. The molecule has 0 bridgehead atoms. The second-order valence-electron chi connectivity index (χ2n) is 7.14. The summed E-state index contributed by atoms with van der Waals surface area (Å²) in [6, 6.07) is 18.6. The molecule has 1 aliphatic rings. The molecule has 30 heavy (non-hydrogen) atoms. The normalized spacial score (nSPS) is 13.7. The van der Waals surface area contributed by atoms with Gasteiger partial charge in [0.2, 0.25) is 0 Å². The number of halogens is 1. The van der Waals surface area contributed by atoms with E-state index in [2.05, 4.69) is 21.6 Å². The molecule has 5 nitrogen and oxygen atoms in total. The first-order valence-corrected chi connectivity index (χ1v) is 10.7. The molecule has 0 unspecified atom stereocenters. The lowest BCUT2D eigenvalue weighted by Gasteiger charge is -2.30. The molecule has 4 rings (SSSR count). The zero-order chi connectivity index (χ0) is 20.9. The van der Waals surface area contributed by atoms with Crippen LogP contribution in [0.2, 0.25) is 5.02 Å². The van der Waals surface area contributed by atoms with Crippen LogP contribution < -0.4 is 15.5 Å². The van der Waals surface area contributed by atoms with Crippen LogP contribution >= 0.6 is 23.8 Å². The molecule has 7 heteroatoms. The average Bonchev–Trinajstić information content (AvgIpc) is 3.26. The van der Waals surface area contributed by atoms with Crippen molar-refractivity contribution in [3.8, 4) is 11.3 Å². The van der Waals surface area contributed by atoms with E-state index in [0.29, 0.717) is 10.8 Å². The van der Waals surface area contributed by atoms with E-state index < -0.39 is 5.91 Å². The highest BCUT2D eigenvalue weighted by Crippen LogP contribution is 2.28. The van der Waals surface area contributed by atoms with Crippen molar-refractivity contribution >= 4 is 46.2 Å². The van der Waals surface area contributed by atoms with Gasteiger partial charge in [0.1, 0.15) is 5.76 Å². The van der Waals surface area contributed by atoms with E-state index in [1.807, 2.05) is 30.3 Å². The first-order chi connectivity index (χ1) is 14.6. The molecule has 1 aliphatic heterocycles. The van der Waals surface area contributed by atoms with Gasteiger partial charge in [-0.15, -0.1) is 0 Å². The molecule has 1 fully saturated rings. The third-order valence-corrected chi connectivity index (χ3v) is 5.49. The summed E-state index contributed by atoms with van der Waals surface area (Å²) in [6.07, 6.45) is 3.63. The van der Waals surface area contributed by atoms with E-state index in [0.717, 1.165) is 30.0 Å². The number of benzene rings is 2. The third kappa shape index (κ3) is 4.83. The lowest BCUT2D eigenvalue weighted by atomic mass is 10.1. The number of carbonyl (C=O) groups excluding carboxylic acids is 1. The Labute approximate surface area is 186 Å². The van der Waals surface area contributed by atoms with Crippen LogP contribution in [0.4, 0.5) is 11.4 Å². The summed E-state index contributed by atoms with van der Waals surface area (Å²) < 4.78 is 5.69. The molecular formula is C23H22ClN3O2S.